The molecule has 2 nitrogen and oxygen atoms in total. The maximum absolute atomic E-state index is 5.92. The van der Waals surface area contributed by atoms with E-state index in [1.54, 1.807) is 0 Å². The second-order valence-electron chi connectivity index (χ2n) is 6.07. The fourth-order valence-corrected chi connectivity index (χ4v) is 3.07. The minimum Gasteiger partial charge on any atom is -0.370 e. The van der Waals surface area contributed by atoms with Crippen molar-refractivity contribution in [1.29, 1.82) is 0 Å². The largest absolute Gasteiger partial charge is 0.370 e. The van der Waals surface area contributed by atoms with Gasteiger partial charge >= 0.3 is 0 Å². The predicted molar refractivity (Wildman–Crippen MR) is 73.2 cm³/mol. The molecule has 96 valence electrons. The summed E-state index contributed by atoms with van der Waals surface area (Å²) in [6.45, 7) is 14.3. The third-order valence-corrected chi connectivity index (χ3v) is 3.78. The molecule has 1 heterocycles. The molecule has 1 saturated heterocycles. The van der Waals surface area contributed by atoms with E-state index in [1.165, 1.54) is 0 Å². The van der Waals surface area contributed by atoms with Gasteiger partial charge in [-0.15, -0.1) is 0 Å². The van der Waals surface area contributed by atoms with Gasteiger partial charge in [-0.1, -0.05) is 13.8 Å². The van der Waals surface area contributed by atoms with Crippen LogP contribution in [0.1, 0.15) is 34.6 Å². The Balaban J connectivity index is 2.53. The minimum atomic E-state index is -0.00417. The fourth-order valence-electron chi connectivity index (χ4n) is 2.54. The Bertz CT molecular complexity index is 218. The Morgan fingerprint density at radius 1 is 1.44 bits per heavy atom. The molecule has 1 fully saturated rings. The molecule has 2 unspecified atom stereocenters. The molecular formula is C13H27NOS. The molecule has 0 saturated carbocycles. The van der Waals surface area contributed by atoms with Crippen LogP contribution < -0.4 is 0 Å². The minimum absolute atomic E-state index is 0.00417. The first-order valence-electron chi connectivity index (χ1n) is 6.35. The molecule has 1 rings (SSSR count). The summed E-state index contributed by atoms with van der Waals surface area (Å²) in [7, 11) is 0. The lowest BCUT2D eigenvalue weighted by atomic mass is 9.95. The predicted octanol–water partition coefficient (Wildman–Crippen LogP) is 2.69. The SMILES string of the molecule is CC1CN(CC(CS)C(C)C)CC(C)(C)O1. The zero-order chi connectivity index (χ0) is 12.3. The third kappa shape index (κ3) is 4.27. The number of hydrogen-bond donors (Lipinski definition) is 1. The lowest BCUT2D eigenvalue weighted by Gasteiger charge is -2.43. The Hall–Kier alpha value is 0.270. The number of thiol groups is 1. The molecular weight excluding hydrogens is 218 g/mol. The van der Waals surface area contributed by atoms with Crippen molar-refractivity contribution in [3.8, 4) is 0 Å². The summed E-state index contributed by atoms with van der Waals surface area (Å²) in [6, 6.07) is 0. The summed E-state index contributed by atoms with van der Waals surface area (Å²) in [6.07, 6.45) is 0.344. The number of nitrogens with zero attached hydrogens (tertiary/aromatic N) is 1. The number of morpholine rings is 1. The summed E-state index contributed by atoms with van der Waals surface area (Å²) in [4.78, 5) is 2.54. The van der Waals surface area contributed by atoms with E-state index in [-0.39, 0.29) is 5.60 Å². The first-order valence-corrected chi connectivity index (χ1v) is 6.98. The summed E-state index contributed by atoms with van der Waals surface area (Å²) in [5, 5.41) is 0. The van der Waals surface area contributed by atoms with Crippen molar-refractivity contribution in [3.63, 3.8) is 0 Å². The molecule has 2 atom stereocenters. The molecule has 0 aromatic carbocycles. The normalized spacial score (nSPS) is 28.3. The van der Waals surface area contributed by atoms with Gasteiger partial charge in [-0.05, 0) is 38.4 Å². The first kappa shape index (κ1) is 14.3. The van der Waals surface area contributed by atoms with E-state index in [0.717, 1.165) is 25.4 Å². The standard InChI is InChI=1S/C13H27NOS/c1-10(2)12(8-16)7-14-6-11(3)15-13(4,5)9-14/h10-12,16H,6-9H2,1-5H3. The molecule has 0 amide bonds. The highest BCUT2D eigenvalue weighted by atomic mass is 32.1. The van der Waals surface area contributed by atoms with Crippen LogP contribution in [0.3, 0.4) is 0 Å². The first-order chi connectivity index (χ1) is 7.34. The van der Waals surface area contributed by atoms with Gasteiger partial charge in [0.15, 0.2) is 0 Å². The number of rotatable bonds is 4. The van der Waals surface area contributed by atoms with Crippen LogP contribution >= 0.6 is 12.6 Å². The summed E-state index contributed by atoms with van der Waals surface area (Å²) < 4.78 is 5.92. The summed E-state index contributed by atoms with van der Waals surface area (Å²) in [5.41, 5.74) is -0.00417. The van der Waals surface area contributed by atoms with Crippen molar-refractivity contribution in [1.82, 2.24) is 4.90 Å². The molecule has 0 radical (unpaired) electrons. The molecule has 3 heteroatoms. The van der Waals surface area contributed by atoms with Gasteiger partial charge in [-0.25, -0.2) is 0 Å². The Morgan fingerprint density at radius 3 is 2.50 bits per heavy atom. The molecule has 0 aromatic heterocycles. The molecule has 0 spiro atoms. The van der Waals surface area contributed by atoms with Gasteiger partial charge in [-0.2, -0.15) is 12.6 Å². The highest BCUT2D eigenvalue weighted by Gasteiger charge is 2.32. The molecule has 0 N–H and O–H groups in total. The second kappa shape index (κ2) is 5.74. The summed E-state index contributed by atoms with van der Waals surface area (Å²) in [5.74, 6) is 2.37. The van der Waals surface area contributed by atoms with E-state index in [9.17, 15) is 0 Å². The van der Waals surface area contributed by atoms with Gasteiger partial charge in [0.2, 0.25) is 0 Å². The van der Waals surface area contributed by atoms with Crippen LogP contribution in [0.2, 0.25) is 0 Å². The molecule has 0 aromatic rings. The van der Waals surface area contributed by atoms with Crippen molar-refractivity contribution >= 4 is 12.6 Å². The highest BCUT2D eigenvalue weighted by molar-refractivity contribution is 7.80. The van der Waals surface area contributed by atoms with Gasteiger partial charge in [0.1, 0.15) is 0 Å². The Kier molecular flexibility index (Phi) is 5.14. The van der Waals surface area contributed by atoms with Gasteiger partial charge in [0, 0.05) is 19.6 Å². The van der Waals surface area contributed by atoms with Crippen LogP contribution in [-0.4, -0.2) is 42.0 Å². The fraction of sp³-hybridized carbons (Fsp3) is 1.00. The maximum Gasteiger partial charge on any atom is 0.0757 e. The zero-order valence-corrected chi connectivity index (χ0v) is 12.3. The van der Waals surface area contributed by atoms with E-state index in [0.29, 0.717) is 17.9 Å². The average molecular weight is 245 g/mol. The Labute approximate surface area is 106 Å². The number of ether oxygens (including phenoxy) is 1. The maximum atomic E-state index is 5.92. The quantitative estimate of drug-likeness (QED) is 0.765. The second-order valence-corrected chi connectivity index (χ2v) is 6.43. The summed E-state index contributed by atoms with van der Waals surface area (Å²) >= 11 is 4.46. The highest BCUT2D eigenvalue weighted by Crippen LogP contribution is 2.23. The van der Waals surface area contributed by atoms with Crippen molar-refractivity contribution < 1.29 is 4.74 Å². The van der Waals surface area contributed by atoms with Gasteiger partial charge in [-0.3, -0.25) is 4.90 Å². The van der Waals surface area contributed by atoms with Crippen molar-refractivity contribution in [3.05, 3.63) is 0 Å². The molecule has 0 aliphatic carbocycles. The van der Waals surface area contributed by atoms with Crippen LogP contribution in [0.5, 0.6) is 0 Å². The molecule has 1 aliphatic heterocycles. The smallest absolute Gasteiger partial charge is 0.0757 e. The van der Waals surface area contributed by atoms with E-state index in [2.05, 4.69) is 52.1 Å². The third-order valence-electron chi connectivity index (χ3n) is 3.31. The van der Waals surface area contributed by atoms with Crippen molar-refractivity contribution in [2.75, 3.05) is 25.4 Å². The van der Waals surface area contributed by atoms with Crippen LogP contribution in [-0.2, 0) is 4.74 Å². The lowest BCUT2D eigenvalue weighted by molar-refractivity contribution is -0.131. The molecule has 16 heavy (non-hydrogen) atoms. The van der Waals surface area contributed by atoms with Crippen molar-refractivity contribution in [2.45, 2.75) is 46.3 Å². The van der Waals surface area contributed by atoms with Crippen LogP contribution in [0, 0.1) is 11.8 Å². The van der Waals surface area contributed by atoms with E-state index in [4.69, 9.17) is 4.74 Å². The Morgan fingerprint density at radius 2 is 2.06 bits per heavy atom. The van der Waals surface area contributed by atoms with E-state index in [1.807, 2.05) is 0 Å². The van der Waals surface area contributed by atoms with E-state index < -0.39 is 0 Å². The van der Waals surface area contributed by atoms with Crippen LogP contribution in [0.15, 0.2) is 0 Å². The lowest BCUT2D eigenvalue weighted by Crippen LogP contribution is -2.53. The zero-order valence-electron chi connectivity index (χ0n) is 11.4. The van der Waals surface area contributed by atoms with Gasteiger partial charge < -0.3 is 4.74 Å². The number of hydrogen-bond acceptors (Lipinski definition) is 3. The monoisotopic (exact) mass is 245 g/mol. The molecule has 1 aliphatic rings. The van der Waals surface area contributed by atoms with Crippen molar-refractivity contribution in [2.24, 2.45) is 11.8 Å². The average Bonchev–Trinajstić information content (AvgIpc) is 2.10. The van der Waals surface area contributed by atoms with Gasteiger partial charge in [0.25, 0.3) is 0 Å². The van der Waals surface area contributed by atoms with E-state index >= 15 is 0 Å². The van der Waals surface area contributed by atoms with Crippen LogP contribution in [0.25, 0.3) is 0 Å². The van der Waals surface area contributed by atoms with Gasteiger partial charge in [0.05, 0.1) is 11.7 Å². The topological polar surface area (TPSA) is 12.5 Å². The van der Waals surface area contributed by atoms with Crippen LogP contribution in [0.4, 0.5) is 0 Å². The molecule has 0 bridgehead atoms.